The van der Waals surface area contributed by atoms with Crippen molar-refractivity contribution in [3.8, 4) is 11.5 Å². The van der Waals surface area contributed by atoms with Gasteiger partial charge >= 0.3 is 0 Å². The van der Waals surface area contributed by atoms with Gasteiger partial charge in [-0.05, 0) is 38.1 Å². The molecular weight excluding hydrogens is 334 g/mol. The molecule has 138 valence electrons. The molecule has 0 aromatic carbocycles. The van der Waals surface area contributed by atoms with E-state index in [2.05, 4.69) is 20.0 Å². The van der Waals surface area contributed by atoms with E-state index in [-0.39, 0.29) is 11.8 Å². The number of carbonyl (C=O) groups excluding carboxylic acids is 1. The van der Waals surface area contributed by atoms with Gasteiger partial charge in [0.05, 0.1) is 19.8 Å². The first-order valence-electron chi connectivity index (χ1n) is 9.12. The Hall–Kier alpha value is -2.32. The fourth-order valence-electron chi connectivity index (χ4n) is 3.44. The second kappa shape index (κ2) is 7.92. The summed E-state index contributed by atoms with van der Waals surface area (Å²) in [6.07, 6.45) is 3.55. The maximum Gasteiger partial charge on any atom is 0.236 e. The molecule has 2 saturated heterocycles. The van der Waals surface area contributed by atoms with E-state index in [9.17, 15) is 4.79 Å². The number of rotatable bonds is 4. The minimum Gasteiger partial charge on any atom is -0.378 e. The Morgan fingerprint density at radius 2 is 1.96 bits per heavy atom. The first-order valence-corrected chi connectivity index (χ1v) is 9.12. The van der Waals surface area contributed by atoms with Crippen molar-refractivity contribution in [2.24, 2.45) is 0 Å². The number of hydrogen-bond donors (Lipinski definition) is 0. The van der Waals surface area contributed by atoms with Gasteiger partial charge in [-0.1, -0.05) is 11.2 Å². The van der Waals surface area contributed by atoms with Gasteiger partial charge in [-0.25, -0.2) is 0 Å². The topological polar surface area (TPSA) is 84.6 Å². The zero-order valence-electron chi connectivity index (χ0n) is 14.7. The summed E-state index contributed by atoms with van der Waals surface area (Å²) >= 11 is 0. The third-order valence-corrected chi connectivity index (χ3v) is 5.00. The minimum absolute atomic E-state index is 0.196. The normalized spacial score (nSPS) is 19.6. The summed E-state index contributed by atoms with van der Waals surface area (Å²) in [5.74, 6) is 1.65. The Balaban J connectivity index is 1.30. The molecule has 0 aliphatic carbocycles. The molecule has 4 heterocycles. The molecule has 0 atom stereocenters. The molecule has 2 aliphatic heterocycles. The Morgan fingerprint density at radius 3 is 2.69 bits per heavy atom. The van der Waals surface area contributed by atoms with E-state index in [1.54, 1.807) is 6.20 Å². The largest absolute Gasteiger partial charge is 0.378 e. The van der Waals surface area contributed by atoms with Crippen LogP contribution in [0.25, 0.3) is 11.5 Å². The van der Waals surface area contributed by atoms with Crippen LogP contribution in [-0.4, -0.2) is 76.8 Å². The summed E-state index contributed by atoms with van der Waals surface area (Å²) in [5.41, 5.74) is 0.719. The molecule has 26 heavy (non-hydrogen) atoms. The van der Waals surface area contributed by atoms with Crippen molar-refractivity contribution < 1.29 is 14.1 Å². The molecule has 2 aliphatic rings. The molecule has 0 bridgehead atoms. The minimum atomic E-state index is 0.196. The van der Waals surface area contributed by atoms with Crippen LogP contribution in [0, 0.1) is 0 Å². The van der Waals surface area contributed by atoms with Gasteiger partial charge in [0.15, 0.2) is 0 Å². The fourth-order valence-corrected chi connectivity index (χ4v) is 3.44. The highest BCUT2D eigenvalue weighted by molar-refractivity contribution is 5.78. The average Bonchev–Trinajstić information content (AvgIpc) is 3.20. The van der Waals surface area contributed by atoms with Gasteiger partial charge < -0.3 is 14.2 Å². The van der Waals surface area contributed by atoms with Crippen molar-refractivity contribution in [1.29, 1.82) is 0 Å². The van der Waals surface area contributed by atoms with E-state index >= 15 is 0 Å². The summed E-state index contributed by atoms with van der Waals surface area (Å²) in [7, 11) is 0. The van der Waals surface area contributed by atoms with Crippen LogP contribution in [0.4, 0.5) is 0 Å². The number of amides is 1. The predicted molar refractivity (Wildman–Crippen MR) is 93.3 cm³/mol. The van der Waals surface area contributed by atoms with E-state index in [0.717, 1.165) is 31.6 Å². The number of likely N-dealkylation sites (tertiary alicyclic amines) is 1. The third-order valence-electron chi connectivity index (χ3n) is 5.00. The van der Waals surface area contributed by atoms with E-state index in [4.69, 9.17) is 9.26 Å². The lowest BCUT2D eigenvalue weighted by Crippen LogP contribution is -2.47. The number of hydrogen-bond acceptors (Lipinski definition) is 7. The Labute approximate surface area is 152 Å². The quantitative estimate of drug-likeness (QED) is 0.812. The molecule has 8 heteroatoms. The first-order chi connectivity index (χ1) is 12.8. The van der Waals surface area contributed by atoms with Crippen molar-refractivity contribution in [1.82, 2.24) is 24.9 Å². The maximum absolute atomic E-state index is 12.4. The number of aromatic nitrogens is 3. The predicted octanol–water partition coefficient (Wildman–Crippen LogP) is 1.17. The molecule has 2 aromatic heterocycles. The van der Waals surface area contributed by atoms with Crippen molar-refractivity contribution in [2.45, 2.75) is 18.8 Å². The molecule has 0 radical (unpaired) electrons. The molecule has 1 amide bonds. The molecule has 8 nitrogen and oxygen atoms in total. The maximum atomic E-state index is 12.4. The zero-order valence-corrected chi connectivity index (χ0v) is 14.7. The van der Waals surface area contributed by atoms with E-state index in [1.165, 1.54) is 0 Å². The molecule has 4 rings (SSSR count). The fraction of sp³-hybridized carbons (Fsp3) is 0.556. The molecule has 0 spiro atoms. The van der Waals surface area contributed by atoms with Gasteiger partial charge in [0.2, 0.25) is 17.6 Å². The lowest BCUT2D eigenvalue weighted by molar-refractivity contribution is -0.136. The number of pyridine rings is 1. The van der Waals surface area contributed by atoms with Gasteiger partial charge in [-0.3, -0.25) is 14.7 Å². The van der Waals surface area contributed by atoms with Crippen LogP contribution in [-0.2, 0) is 9.53 Å². The van der Waals surface area contributed by atoms with Gasteiger partial charge in [0.1, 0.15) is 5.69 Å². The van der Waals surface area contributed by atoms with E-state index in [1.807, 2.05) is 23.1 Å². The SMILES string of the molecule is O=C(CN1CCC(c2nc(-c3ccccn3)no2)CC1)N1CCOCC1. The van der Waals surface area contributed by atoms with E-state index in [0.29, 0.717) is 44.6 Å². The third kappa shape index (κ3) is 3.91. The molecule has 2 aromatic rings. The van der Waals surface area contributed by atoms with Crippen molar-refractivity contribution >= 4 is 5.91 Å². The highest BCUT2D eigenvalue weighted by Crippen LogP contribution is 2.28. The summed E-state index contributed by atoms with van der Waals surface area (Å²) in [4.78, 5) is 25.2. The molecule has 0 unspecified atom stereocenters. The summed E-state index contributed by atoms with van der Waals surface area (Å²) < 4.78 is 10.8. The smallest absolute Gasteiger partial charge is 0.236 e. The Kier molecular flexibility index (Phi) is 5.21. The number of piperidine rings is 1. The number of morpholine rings is 1. The Morgan fingerprint density at radius 1 is 1.15 bits per heavy atom. The van der Waals surface area contributed by atoms with Gasteiger partial charge in [-0.15, -0.1) is 0 Å². The second-order valence-corrected chi connectivity index (χ2v) is 6.71. The van der Waals surface area contributed by atoms with Crippen LogP contribution in [0.1, 0.15) is 24.7 Å². The van der Waals surface area contributed by atoms with Crippen LogP contribution >= 0.6 is 0 Å². The number of ether oxygens (including phenoxy) is 1. The van der Waals surface area contributed by atoms with Crippen molar-refractivity contribution in [2.75, 3.05) is 45.9 Å². The summed E-state index contributed by atoms with van der Waals surface area (Å²) in [6, 6.07) is 5.63. The lowest BCUT2D eigenvalue weighted by atomic mass is 9.97. The van der Waals surface area contributed by atoms with Crippen LogP contribution in [0.2, 0.25) is 0 Å². The zero-order chi connectivity index (χ0) is 17.8. The van der Waals surface area contributed by atoms with Crippen LogP contribution in [0.5, 0.6) is 0 Å². The average molecular weight is 357 g/mol. The molecular formula is C18H23N5O3. The molecule has 0 saturated carbocycles. The van der Waals surface area contributed by atoms with Crippen molar-refractivity contribution in [3.05, 3.63) is 30.3 Å². The first kappa shape index (κ1) is 17.1. The standard InChI is InChI=1S/C18H23N5O3/c24-16(23-9-11-25-12-10-23)13-22-7-4-14(5-8-22)18-20-17(21-26-18)15-3-1-2-6-19-15/h1-3,6,14H,4-5,7-13H2. The van der Waals surface area contributed by atoms with Crippen LogP contribution in [0.15, 0.2) is 28.9 Å². The monoisotopic (exact) mass is 357 g/mol. The van der Waals surface area contributed by atoms with E-state index < -0.39 is 0 Å². The molecule has 0 N–H and O–H groups in total. The van der Waals surface area contributed by atoms with Crippen molar-refractivity contribution in [3.63, 3.8) is 0 Å². The van der Waals surface area contributed by atoms with Gasteiger partial charge in [0, 0.05) is 25.2 Å². The highest BCUT2D eigenvalue weighted by atomic mass is 16.5. The number of nitrogens with zero attached hydrogens (tertiary/aromatic N) is 5. The van der Waals surface area contributed by atoms with Crippen LogP contribution in [0.3, 0.4) is 0 Å². The second-order valence-electron chi connectivity index (χ2n) is 6.71. The lowest BCUT2D eigenvalue weighted by Gasteiger charge is -2.33. The van der Waals surface area contributed by atoms with Gasteiger partial charge in [-0.2, -0.15) is 4.98 Å². The van der Waals surface area contributed by atoms with Gasteiger partial charge in [0.25, 0.3) is 0 Å². The summed E-state index contributed by atoms with van der Waals surface area (Å²) in [5, 5.41) is 4.06. The number of carbonyl (C=O) groups is 1. The highest BCUT2D eigenvalue weighted by Gasteiger charge is 2.27. The Bertz CT molecular complexity index is 721. The van der Waals surface area contributed by atoms with Crippen LogP contribution < -0.4 is 0 Å². The molecule has 2 fully saturated rings. The summed E-state index contributed by atoms with van der Waals surface area (Å²) in [6.45, 7) is 4.90.